The van der Waals surface area contributed by atoms with Crippen LogP contribution in [0.25, 0.3) is 0 Å². The van der Waals surface area contributed by atoms with Crippen molar-refractivity contribution in [1.82, 2.24) is 0 Å². The van der Waals surface area contributed by atoms with Crippen molar-refractivity contribution in [3.8, 4) is 0 Å². The third kappa shape index (κ3) is 7.17. The summed E-state index contributed by atoms with van der Waals surface area (Å²) in [4.78, 5) is 0. The Bertz CT molecular complexity index is 125. The molecule has 0 aliphatic rings. The Labute approximate surface area is 69.8 Å². The van der Waals surface area contributed by atoms with E-state index in [1.165, 1.54) is 24.7 Å². The van der Waals surface area contributed by atoms with Crippen LogP contribution in [0.5, 0.6) is 0 Å². The maximum Gasteiger partial charge on any atom is 0.0873 e. The van der Waals surface area contributed by atoms with E-state index in [1.807, 2.05) is 0 Å². The van der Waals surface area contributed by atoms with E-state index < -0.39 is 0 Å². The van der Waals surface area contributed by atoms with E-state index in [-0.39, 0.29) is 0 Å². The van der Waals surface area contributed by atoms with Crippen LogP contribution in [-0.2, 0) is 4.74 Å². The molecule has 0 aliphatic heterocycles. The fourth-order valence-corrected chi connectivity index (χ4v) is 0.817. The monoisotopic (exact) mass is 154 g/mol. The summed E-state index contributed by atoms with van der Waals surface area (Å²) in [5.41, 5.74) is 1.46. The fourth-order valence-electron chi connectivity index (χ4n) is 0.817. The molecule has 0 rings (SSSR count). The lowest BCUT2D eigenvalue weighted by atomic mass is 10.1. The molecule has 0 saturated heterocycles. The molecular weight excluding hydrogens is 136 g/mol. The van der Waals surface area contributed by atoms with Gasteiger partial charge in [0.2, 0.25) is 0 Å². The van der Waals surface area contributed by atoms with E-state index in [1.54, 1.807) is 0 Å². The van der Waals surface area contributed by atoms with Crippen molar-refractivity contribution in [3.63, 3.8) is 0 Å². The number of hydrogen-bond donors (Lipinski definition) is 0. The molecule has 0 N–H and O–H groups in total. The zero-order valence-electron chi connectivity index (χ0n) is 7.60. The molecule has 0 aromatic rings. The van der Waals surface area contributed by atoms with Crippen LogP contribution in [0.2, 0.25) is 0 Å². The highest BCUT2D eigenvalue weighted by atomic mass is 16.5. The van der Waals surface area contributed by atoms with Crippen molar-refractivity contribution in [2.24, 2.45) is 0 Å². The topological polar surface area (TPSA) is 9.23 Å². The van der Waals surface area contributed by atoms with E-state index in [2.05, 4.69) is 26.5 Å². The first-order chi connectivity index (χ1) is 5.31. The molecule has 0 bridgehead atoms. The maximum absolute atomic E-state index is 4.99. The summed E-state index contributed by atoms with van der Waals surface area (Å²) in [6.45, 7) is 8.52. The number of allylic oxidation sites excluding steroid dienone is 2. The summed E-state index contributed by atoms with van der Waals surface area (Å²) in [6, 6.07) is 0. The van der Waals surface area contributed by atoms with Gasteiger partial charge in [0.05, 0.1) is 12.9 Å². The van der Waals surface area contributed by atoms with Gasteiger partial charge in [-0.1, -0.05) is 18.2 Å². The lowest BCUT2D eigenvalue weighted by molar-refractivity contribution is 0.243. The van der Waals surface area contributed by atoms with Gasteiger partial charge in [-0.25, -0.2) is 0 Å². The lowest BCUT2D eigenvalue weighted by Crippen LogP contribution is -1.87. The Morgan fingerprint density at radius 3 is 2.73 bits per heavy atom. The van der Waals surface area contributed by atoms with Gasteiger partial charge in [-0.15, -0.1) is 0 Å². The quantitative estimate of drug-likeness (QED) is 0.324. The molecule has 0 aliphatic carbocycles. The SMILES string of the molecule is C=COCCCCC(C)=CC. The lowest BCUT2D eigenvalue weighted by Gasteiger charge is -2.00. The molecule has 1 nitrogen and oxygen atoms in total. The summed E-state index contributed by atoms with van der Waals surface area (Å²) >= 11 is 0. The largest absolute Gasteiger partial charge is 0.502 e. The standard InChI is InChI=1S/C10H18O/c1-4-10(3)8-6-7-9-11-5-2/h4-5H,2,6-9H2,1,3H3. The number of rotatable bonds is 6. The molecule has 64 valence electrons. The molecule has 11 heavy (non-hydrogen) atoms. The molecule has 0 unspecified atom stereocenters. The highest BCUT2D eigenvalue weighted by molar-refractivity contribution is 4.94. The minimum atomic E-state index is 0.806. The molecule has 0 aromatic heterocycles. The summed E-state index contributed by atoms with van der Waals surface area (Å²) in [5, 5.41) is 0. The fraction of sp³-hybridized carbons (Fsp3) is 0.600. The highest BCUT2D eigenvalue weighted by Gasteiger charge is 1.89. The summed E-state index contributed by atoms with van der Waals surface area (Å²) in [6.07, 6.45) is 7.19. The first kappa shape index (κ1) is 10.3. The molecule has 0 saturated carbocycles. The van der Waals surface area contributed by atoms with Gasteiger partial charge < -0.3 is 4.74 Å². The Balaban J connectivity index is 3.08. The molecule has 0 amide bonds. The van der Waals surface area contributed by atoms with Crippen LogP contribution in [0.4, 0.5) is 0 Å². The van der Waals surface area contributed by atoms with Crippen molar-refractivity contribution in [2.75, 3.05) is 6.61 Å². The Morgan fingerprint density at radius 2 is 2.18 bits per heavy atom. The zero-order chi connectivity index (χ0) is 8.53. The van der Waals surface area contributed by atoms with Gasteiger partial charge in [0.25, 0.3) is 0 Å². The second-order valence-corrected chi connectivity index (χ2v) is 2.63. The van der Waals surface area contributed by atoms with E-state index in [9.17, 15) is 0 Å². The highest BCUT2D eigenvalue weighted by Crippen LogP contribution is 2.05. The van der Waals surface area contributed by atoms with Crippen LogP contribution >= 0.6 is 0 Å². The van der Waals surface area contributed by atoms with Gasteiger partial charge in [-0.3, -0.25) is 0 Å². The summed E-state index contributed by atoms with van der Waals surface area (Å²) < 4.78 is 4.99. The van der Waals surface area contributed by atoms with Crippen LogP contribution in [0, 0.1) is 0 Å². The van der Waals surface area contributed by atoms with Crippen molar-refractivity contribution in [3.05, 3.63) is 24.5 Å². The Kier molecular flexibility index (Phi) is 6.90. The first-order valence-corrected chi connectivity index (χ1v) is 4.15. The second-order valence-electron chi connectivity index (χ2n) is 2.63. The van der Waals surface area contributed by atoms with Crippen LogP contribution in [0.3, 0.4) is 0 Å². The number of hydrogen-bond acceptors (Lipinski definition) is 1. The average molecular weight is 154 g/mol. The maximum atomic E-state index is 4.99. The van der Waals surface area contributed by atoms with Crippen LogP contribution in [-0.4, -0.2) is 6.61 Å². The molecular formula is C10H18O. The van der Waals surface area contributed by atoms with Crippen LogP contribution < -0.4 is 0 Å². The minimum Gasteiger partial charge on any atom is -0.502 e. The van der Waals surface area contributed by atoms with Gasteiger partial charge in [-0.2, -0.15) is 0 Å². The predicted octanol–water partition coefficient (Wildman–Crippen LogP) is 3.28. The molecule has 0 radical (unpaired) electrons. The molecule has 1 heteroatoms. The summed E-state index contributed by atoms with van der Waals surface area (Å²) in [5.74, 6) is 0. The smallest absolute Gasteiger partial charge is 0.0873 e. The van der Waals surface area contributed by atoms with Gasteiger partial charge in [0, 0.05) is 0 Å². The first-order valence-electron chi connectivity index (χ1n) is 4.15. The third-order valence-corrected chi connectivity index (χ3v) is 1.69. The zero-order valence-corrected chi connectivity index (χ0v) is 7.60. The van der Waals surface area contributed by atoms with Crippen molar-refractivity contribution in [1.29, 1.82) is 0 Å². The minimum absolute atomic E-state index is 0.806. The molecule has 0 heterocycles. The number of ether oxygens (including phenoxy) is 1. The molecule has 0 fully saturated rings. The normalized spacial score (nSPS) is 11.3. The van der Waals surface area contributed by atoms with Crippen LogP contribution in [0.1, 0.15) is 33.1 Å². The molecule has 0 atom stereocenters. The molecule has 0 spiro atoms. The predicted molar refractivity (Wildman–Crippen MR) is 49.4 cm³/mol. The van der Waals surface area contributed by atoms with E-state index in [0.29, 0.717) is 0 Å². The Hall–Kier alpha value is -0.720. The van der Waals surface area contributed by atoms with Crippen LogP contribution in [0.15, 0.2) is 24.5 Å². The van der Waals surface area contributed by atoms with Gasteiger partial charge in [0.1, 0.15) is 0 Å². The Morgan fingerprint density at radius 1 is 1.45 bits per heavy atom. The second kappa shape index (κ2) is 7.39. The van der Waals surface area contributed by atoms with E-state index >= 15 is 0 Å². The van der Waals surface area contributed by atoms with E-state index in [4.69, 9.17) is 4.74 Å². The van der Waals surface area contributed by atoms with E-state index in [0.717, 1.165) is 13.0 Å². The van der Waals surface area contributed by atoms with Gasteiger partial charge in [0.15, 0.2) is 0 Å². The summed E-state index contributed by atoms with van der Waals surface area (Å²) in [7, 11) is 0. The van der Waals surface area contributed by atoms with Crippen molar-refractivity contribution < 1.29 is 4.74 Å². The third-order valence-electron chi connectivity index (χ3n) is 1.69. The average Bonchev–Trinajstić information content (AvgIpc) is 2.04. The van der Waals surface area contributed by atoms with Gasteiger partial charge >= 0.3 is 0 Å². The molecule has 0 aromatic carbocycles. The number of unbranched alkanes of at least 4 members (excludes halogenated alkanes) is 1. The van der Waals surface area contributed by atoms with Crippen molar-refractivity contribution >= 4 is 0 Å². The van der Waals surface area contributed by atoms with Crippen molar-refractivity contribution in [2.45, 2.75) is 33.1 Å². The van der Waals surface area contributed by atoms with Gasteiger partial charge in [-0.05, 0) is 33.1 Å².